The average molecular weight is 201 g/mol. The minimum absolute atomic E-state index is 0.142. The molecule has 0 aliphatic rings. The first-order valence-corrected chi connectivity index (χ1v) is 5.55. The highest BCUT2D eigenvalue weighted by atomic mass is 16.5. The molecule has 1 N–H and O–H groups in total. The third-order valence-corrected chi connectivity index (χ3v) is 1.92. The molecule has 0 aromatic rings. The number of unbranched alkanes of at least 4 members (excludes halogenated alkanes) is 2. The molecule has 0 aromatic heterocycles. The lowest BCUT2D eigenvalue weighted by Crippen LogP contribution is -2.23. The van der Waals surface area contributed by atoms with Crippen molar-refractivity contribution in [3.63, 3.8) is 0 Å². The van der Waals surface area contributed by atoms with E-state index >= 15 is 0 Å². The van der Waals surface area contributed by atoms with Gasteiger partial charge in [-0.2, -0.15) is 0 Å². The molecular formula is C11H23NO2. The maximum atomic E-state index is 10.9. The predicted molar refractivity (Wildman–Crippen MR) is 58.2 cm³/mol. The minimum Gasteiger partial charge on any atom is -0.379 e. The van der Waals surface area contributed by atoms with Gasteiger partial charge < -0.3 is 10.1 Å². The van der Waals surface area contributed by atoms with E-state index in [9.17, 15) is 4.79 Å². The fraction of sp³-hybridized carbons (Fsp3) is 0.909. The van der Waals surface area contributed by atoms with Gasteiger partial charge in [0.2, 0.25) is 5.91 Å². The van der Waals surface area contributed by atoms with Crippen molar-refractivity contribution in [2.45, 2.75) is 52.6 Å². The average Bonchev–Trinajstić information content (AvgIpc) is 2.15. The van der Waals surface area contributed by atoms with Crippen molar-refractivity contribution in [1.82, 2.24) is 5.32 Å². The van der Waals surface area contributed by atoms with Gasteiger partial charge >= 0.3 is 0 Å². The lowest BCUT2D eigenvalue weighted by Gasteiger charge is -2.07. The highest BCUT2D eigenvalue weighted by Gasteiger charge is 1.96. The molecule has 14 heavy (non-hydrogen) atoms. The van der Waals surface area contributed by atoms with E-state index in [0.29, 0.717) is 12.5 Å². The molecule has 0 aromatic carbocycles. The smallest absolute Gasteiger partial charge is 0.219 e. The Bertz CT molecular complexity index is 146. The number of rotatable bonds is 8. The Labute approximate surface area is 87.2 Å². The minimum atomic E-state index is 0.142. The Morgan fingerprint density at radius 2 is 2.00 bits per heavy atom. The molecule has 0 radical (unpaired) electrons. The highest BCUT2D eigenvalue weighted by molar-refractivity contribution is 5.75. The normalized spacial score (nSPS) is 10.6. The van der Waals surface area contributed by atoms with Crippen LogP contribution in [0.4, 0.5) is 0 Å². The topological polar surface area (TPSA) is 38.3 Å². The quantitative estimate of drug-likeness (QED) is 0.611. The number of amides is 1. The predicted octanol–water partition coefficient (Wildman–Crippen LogP) is 2.11. The zero-order valence-corrected chi connectivity index (χ0v) is 9.64. The van der Waals surface area contributed by atoms with E-state index < -0.39 is 0 Å². The SMILES string of the molecule is CCC(=O)NCCCCCOC(C)C. The summed E-state index contributed by atoms with van der Waals surface area (Å²) in [6.45, 7) is 7.59. The fourth-order valence-electron chi connectivity index (χ4n) is 1.08. The van der Waals surface area contributed by atoms with Crippen LogP contribution in [0.5, 0.6) is 0 Å². The number of ether oxygens (including phenoxy) is 1. The number of carbonyl (C=O) groups is 1. The van der Waals surface area contributed by atoms with Crippen LogP contribution in [0.2, 0.25) is 0 Å². The Morgan fingerprint density at radius 1 is 1.29 bits per heavy atom. The van der Waals surface area contributed by atoms with Gasteiger partial charge in [0, 0.05) is 19.6 Å². The summed E-state index contributed by atoms with van der Waals surface area (Å²) >= 11 is 0. The number of nitrogens with one attached hydrogen (secondary N) is 1. The summed E-state index contributed by atoms with van der Waals surface area (Å²) in [6, 6.07) is 0. The second-order valence-corrected chi connectivity index (χ2v) is 3.68. The maximum absolute atomic E-state index is 10.9. The molecule has 0 atom stereocenters. The van der Waals surface area contributed by atoms with Gasteiger partial charge in [0.25, 0.3) is 0 Å². The number of carbonyl (C=O) groups excluding carboxylic acids is 1. The van der Waals surface area contributed by atoms with E-state index in [1.54, 1.807) is 0 Å². The van der Waals surface area contributed by atoms with Crippen molar-refractivity contribution in [2.75, 3.05) is 13.2 Å². The monoisotopic (exact) mass is 201 g/mol. The van der Waals surface area contributed by atoms with Gasteiger partial charge in [-0.05, 0) is 33.1 Å². The van der Waals surface area contributed by atoms with Crippen molar-refractivity contribution >= 4 is 5.91 Å². The van der Waals surface area contributed by atoms with Crippen molar-refractivity contribution in [2.24, 2.45) is 0 Å². The van der Waals surface area contributed by atoms with Crippen molar-refractivity contribution < 1.29 is 9.53 Å². The second kappa shape index (κ2) is 9.00. The molecule has 0 saturated heterocycles. The summed E-state index contributed by atoms with van der Waals surface area (Å²) < 4.78 is 5.40. The molecule has 0 saturated carbocycles. The summed E-state index contributed by atoms with van der Waals surface area (Å²) in [5, 5.41) is 2.85. The van der Waals surface area contributed by atoms with Crippen LogP contribution < -0.4 is 5.32 Å². The molecule has 0 unspecified atom stereocenters. The van der Waals surface area contributed by atoms with Crippen LogP contribution in [0.15, 0.2) is 0 Å². The maximum Gasteiger partial charge on any atom is 0.219 e. The first-order valence-electron chi connectivity index (χ1n) is 5.55. The molecule has 0 heterocycles. The van der Waals surface area contributed by atoms with E-state index in [0.717, 1.165) is 32.4 Å². The lowest BCUT2D eigenvalue weighted by atomic mass is 10.2. The van der Waals surface area contributed by atoms with E-state index in [-0.39, 0.29) is 5.91 Å². The van der Waals surface area contributed by atoms with E-state index in [4.69, 9.17) is 4.74 Å². The van der Waals surface area contributed by atoms with E-state index in [1.807, 2.05) is 20.8 Å². The largest absolute Gasteiger partial charge is 0.379 e. The van der Waals surface area contributed by atoms with E-state index in [1.165, 1.54) is 0 Å². The van der Waals surface area contributed by atoms with Crippen molar-refractivity contribution in [3.05, 3.63) is 0 Å². The molecule has 0 bridgehead atoms. The molecule has 0 spiro atoms. The van der Waals surface area contributed by atoms with Crippen LogP contribution in [0.1, 0.15) is 46.5 Å². The lowest BCUT2D eigenvalue weighted by molar-refractivity contribution is -0.120. The van der Waals surface area contributed by atoms with Gasteiger partial charge in [-0.1, -0.05) is 6.92 Å². The molecule has 0 fully saturated rings. The first kappa shape index (κ1) is 13.4. The molecule has 3 nitrogen and oxygen atoms in total. The van der Waals surface area contributed by atoms with Crippen LogP contribution in [-0.4, -0.2) is 25.2 Å². The first-order chi connectivity index (χ1) is 6.66. The molecular weight excluding hydrogens is 178 g/mol. The van der Waals surface area contributed by atoms with Crippen LogP contribution >= 0.6 is 0 Å². The molecule has 0 rings (SSSR count). The van der Waals surface area contributed by atoms with Gasteiger partial charge in [-0.3, -0.25) is 4.79 Å². The zero-order chi connectivity index (χ0) is 10.8. The summed E-state index contributed by atoms with van der Waals surface area (Å²) in [4.78, 5) is 10.9. The molecule has 0 aliphatic carbocycles. The van der Waals surface area contributed by atoms with Crippen molar-refractivity contribution in [1.29, 1.82) is 0 Å². The van der Waals surface area contributed by atoms with Crippen LogP contribution in [0.25, 0.3) is 0 Å². The highest BCUT2D eigenvalue weighted by Crippen LogP contribution is 1.97. The molecule has 3 heteroatoms. The van der Waals surface area contributed by atoms with Crippen LogP contribution in [0.3, 0.4) is 0 Å². The Kier molecular flexibility index (Phi) is 8.64. The second-order valence-electron chi connectivity index (χ2n) is 3.68. The van der Waals surface area contributed by atoms with Crippen LogP contribution in [0, 0.1) is 0 Å². The summed E-state index contributed by atoms with van der Waals surface area (Å²) in [5.41, 5.74) is 0. The van der Waals surface area contributed by atoms with Gasteiger partial charge in [0.05, 0.1) is 6.10 Å². The molecule has 84 valence electrons. The number of hydrogen-bond acceptors (Lipinski definition) is 2. The van der Waals surface area contributed by atoms with Gasteiger partial charge in [-0.25, -0.2) is 0 Å². The molecule has 1 amide bonds. The van der Waals surface area contributed by atoms with Crippen LogP contribution in [-0.2, 0) is 9.53 Å². The third-order valence-electron chi connectivity index (χ3n) is 1.92. The summed E-state index contributed by atoms with van der Waals surface area (Å²) in [5.74, 6) is 0.142. The fourth-order valence-corrected chi connectivity index (χ4v) is 1.08. The van der Waals surface area contributed by atoms with Gasteiger partial charge in [0.1, 0.15) is 0 Å². The van der Waals surface area contributed by atoms with E-state index in [2.05, 4.69) is 5.32 Å². The Morgan fingerprint density at radius 3 is 2.57 bits per heavy atom. The number of hydrogen-bond donors (Lipinski definition) is 1. The van der Waals surface area contributed by atoms with Gasteiger partial charge in [-0.15, -0.1) is 0 Å². The Hall–Kier alpha value is -0.570. The summed E-state index contributed by atoms with van der Waals surface area (Å²) in [6.07, 6.45) is 4.16. The molecule has 0 aliphatic heterocycles. The zero-order valence-electron chi connectivity index (χ0n) is 9.64. The summed E-state index contributed by atoms with van der Waals surface area (Å²) in [7, 11) is 0. The standard InChI is InChI=1S/C11H23NO2/c1-4-11(13)12-8-6-5-7-9-14-10(2)3/h10H,4-9H2,1-3H3,(H,12,13). The Balaban J connectivity index is 3.03. The van der Waals surface area contributed by atoms with Crippen molar-refractivity contribution in [3.8, 4) is 0 Å². The van der Waals surface area contributed by atoms with Gasteiger partial charge in [0.15, 0.2) is 0 Å². The third kappa shape index (κ3) is 9.52.